The van der Waals surface area contributed by atoms with Crippen LogP contribution in [-0.2, 0) is 9.53 Å². The second kappa shape index (κ2) is 6.38. The van der Waals surface area contributed by atoms with E-state index in [1.54, 1.807) is 0 Å². The smallest absolute Gasteiger partial charge is 0.323 e. The number of ether oxygens (including phenoxy) is 1. The van der Waals surface area contributed by atoms with Crippen molar-refractivity contribution in [2.45, 2.75) is 25.3 Å². The second-order valence-electron chi connectivity index (χ2n) is 3.58. The number of carboxylic acids is 1. The van der Waals surface area contributed by atoms with Gasteiger partial charge in [-0.05, 0) is 19.4 Å². The Labute approximate surface area is 89.2 Å². The average Bonchev–Trinajstić information content (AvgIpc) is 2.25. The molecule has 0 aromatic heterocycles. The molecule has 0 aromatic carbocycles. The highest BCUT2D eigenvalue weighted by Crippen LogP contribution is 2.09. The summed E-state index contributed by atoms with van der Waals surface area (Å²) in [5.74, 6) is -0.824. The molecule has 1 unspecified atom stereocenters. The van der Waals surface area contributed by atoms with Crippen LogP contribution in [0.5, 0.6) is 0 Å². The lowest BCUT2D eigenvalue weighted by Crippen LogP contribution is -2.50. The molecule has 0 radical (unpaired) electrons. The van der Waals surface area contributed by atoms with Crippen molar-refractivity contribution in [2.75, 3.05) is 26.3 Å². The van der Waals surface area contributed by atoms with Crippen molar-refractivity contribution >= 4 is 5.97 Å². The Morgan fingerprint density at radius 1 is 1.60 bits per heavy atom. The number of rotatable bonds is 5. The molecule has 0 amide bonds. The van der Waals surface area contributed by atoms with E-state index in [0.717, 1.165) is 19.4 Å². The highest BCUT2D eigenvalue weighted by molar-refractivity contribution is 5.73. The largest absolute Gasteiger partial charge is 0.480 e. The maximum absolute atomic E-state index is 10.9. The molecule has 1 N–H and O–H groups in total. The van der Waals surface area contributed by atoms with Crippen molar-refractivity contribution in [1.29, 1.82) is 5.26 Å². The van der Waals surface area contributed by atoms with Gasteiger partial charge in [-0.1, -0.05) is 0 Å². The van der Waals surface area contributed by atoms with E-state index in [4.69, 9.17) is 15.1 Å². The highest BCUT2D eigenvalue weighted by Gasteiger charge is 2.28. The van der Waals surface area contributed by atoms with E-state index in [2.05, 4.69) is 6.07 Å². The topological polar surface area (TPSA) is 73.6 Å². The summed E-state index contributed by atoms with van der Waals surface area (Å²) in [5, 5.41) is 17.3. The third kappa shape index (κ3) is 3.86. The maximum atomic E-state index is 10.9. The summed E-state index contributed by atoms with van der Waals surface area (Å²) in [6, 6.07) is 1.57. The lowest BCUT2D eigenvalue weighted by molar-refractivity contribution is -0.149. The van der Waals surface area contributed by atoms with Crippen molar-refractivity contribution in [3.63, 3.8) is 0 Å². The SMILES string of the molecule is N#CCCCCN1CCOCC1C(=O)O. The van der Waals surface area contributed by atoms with E-state index in [1.165, 1.54) is 0 Å². The highest BCUT2D eigenvalue weighted by atomic mass is 16.5. The number of carboxylic acid groups (broad SMARTS) is 1. The molecule has 15 heavy (non-hydrogen) atoms. The molecule has 84 valence electrons. The van der Waals surface area contributed by atoms with Crippen LogP contribution in [0.1, 0.15) is 19.3 Å². The van der Waals surface area contributed by atoms with E-state index >= 15 is 0 Å². The van der Waals surface area contributed by atoms with Gasteiger partial charge in [-0.2, -0.15) is 5.26 Å². The van der Waals surface area contributed by atoms with E-state index < -0.39 is 12.0 Å². The molecule has 0 spiro atoms. The molecule has 0 aliphatic carbocycles. The van der Waals surface area contributed by atoms with Crippen LogP contribution >= 0.6 is 0 Å². The monoisotopic (exact) mass is 212 g/mol. The Morgan fingerprint density at radius 2 is 2.40 bits per heavy atom. The first-order valence-corrected chi connectivity index (χ1v) is 5.17. The lowest BCUT2D eigenvalue weighted by atomic mass is 10.2. The summed E-state index contributed by atoms with van der Waals surface area (Å²) in [5.41, 5.74) is 0. The zero-order chi connectivity index (χ0) is 11.1. The molecule has 1 rings (SSSR count). The molecule has 1 aliphatic heterocycles. The van der Waals surface area contributed by atoms with Crippen molar-refractivity contribution in [3.8, 4) is 6.07 Å². The van der Waals surface area contributed by atoms with Crippen LogP contribution in [0.4, 0.5) is 0 Å². The Kier molecular flexibility index (Phi) is 5.08. The van der Waals surface area contributed by atoms with Gasteiger partial charge < -0.3 is 9.84 Å². The van der Waals surface area contributed by atoms with Crippen LogP contribution in [-0.4, -0.2) is 48.3 Å². The molecule has 5 heteroatoms. The van der Waals surface area contributed by atoms with E-state index in [-0.39, 0.29) is 6.61 Å². The summed E-state index contributed by atoms with van der Waals surface area (Å²) in [4.78, 5) is 12.8. The van der Waals surface area contributed by atoms with Crippen molar-refractivity contribution in [2.24, 2.45) is 0 Å². The van der Waals surface area contributed by atoms with Gasteiger partial charge in [0.05, 0.1) is 19.3 Å². The molecule has 5 nitrogen and oxygen atoms in total. The number of nitriles is 1. The predicted molar refractivity (Wildman–Crippen MR) is 53.3 cm³/mol. The van der Waals surface area contributed by atoms with Gasteiger partial charge >= 0.3 is 5.97 Å². The van der Waals surface area contributed by atoms with Crippen LogP contribution in [0.25, 0.3) is 0 Å². The van der Waals surface area contributed by atoms with Gasteiger partial charge in [0, 0.05) is 13.0 Å². The van der Waals surface area contributed by atoms with Crippen molar-refractivity contribution < 1.29 is 14.6 Å². The first-order valence-electron chi connectivity index (χ1n) is 5.17. The average molecular weight is 212 g/mol. The van der Waals surface area contributed by atoms with Crippen LogP contribution in [0, 0.1) is 11.3 Å². The molecule has 1 aliphatic rings. The standard InChI is InChI=1S/C10H16N2O3/c11-4-2-1-3-5-12-6-7-15-8-9(12)10(13)14/h9H,1-3,5-8H2,(H,13,14). The van der Waals surface area contributed by atoms with Crippen LogP contribution in [0.2, 0.25) is 0 Å². The first-order chi connectivity index (χ1) is 7.25. The molecular formula is C10H16N2O3. The normalized spacial score (nSPS) is 22.2. The van der Waals surface area contributed by atoms with Gasteiger partial charge in [-0.3, -0.25) is 9.69 Å². The summed E-state index contributed by atoms with van der Waals surface area (Å²) in [6.07, 6.45) is 2.25. The number of hydrogen-bond acceptors (Lipinski definition) is 4. The molecule has 1 atom stereocenters. The number of nitrogens with zero attached hydrogens (tertiary/aromatic N) is 2. The van der Waals surface area contributed by atoms with Gasteiger partial charge in [0.25, 0.3) is 0 Å². The van der Waals surface area contributed by atoms with Gasteiger partial charge in [-0.15, -0.1) is 0 Å². The third-order valence-corrected chi connectivity index (χ3v) is 2.51. The lowest BCUT2D eigenvalue weighted by Gasteiger charge is -2.32. The molecule has 1 heterocycles. The molecule has 0 saturated carbocycles. The van der Waals surface area contributed by atoms with Crippen molar-refractivity contribution in [3.05, 3.63) is 0 Å². The summed E-state index contributed by atoms with van der Waals surface area (Å²) >= 11 is 0. The van der Waals surface area contributed by atoms with Gasteiger partial charge in [0.15, 0.2) is 0 Å². The minimum absolute atomic E-state index is 0.271. The fraction of sp³-hybridized carbons (Fsp3) is 0.800. The summed E-state index contributed by atoms with van der Waals surface area (Å²) in [7, 11) is 0. The Balaban J connectivity index is 2.30. The molecular weight excluding hydrogens is 196 g/mol. The fourth-order valence-corrected chi connectivity index (χ4v) is 1.65. The summed E-state index contributed by atoms with van der Waals surface area (Å²) in [6.45, 7) is 2.28. The zero-order valence-corrected chi connectivity index (χ0v) is 8.69. The molecule has 1 fully saturated rings. The molecule has 0 bridgehead atoms. The van der Waals surface area contributed by atoms with Crippen LogP contribution in [0.3, 0.4) is 0 Å². The van der Waals surface area contributed by atoms with Gasteiger partial charge in [0.1, 0.15) is 6.04 Å². The fourth-order valence-electron chi connectivity index (χ4n) is 1.65. The number of hydrogen-bond donors (Lipinski definition) is 1. The third-order valence-electron chi connectivity index (χ3n) is 2.51. The number of unbranched alkanes of at least 4 members (excludes halogenated alkanes) is 2. The van der Waals surface area contributed by atoms with E-state index in [9.17, 15) is 4.79 Å². The zero-order valence-electron chi connectivity index (χ0n) is 8.69. The van der Waals surface area contributed by atoms with E-state index in [0.29, 0.717) is 19.6 Å². The number of morpholine rings is 1. The second-order valence-corrected chi connectivity index (χ2v) is 3.58. The maximum Gasteiger partial charge on any atom is 0.323 e. The predicted octanol–water partition coefficient (Wildman–Crippen LogP) is 0.466. The quantitative estimate of drug-likeness (QED) is 0.670. The van der Waals surface area contributed by atoms with Gasteiger partial charge in [-0.25, -0.2) is 0 Å². The van der Waals surface area contributed by atoms with Crippen molar-refractivity contribution in [1.82, 2.24) is 4.90 Å². The molecule has 0 aromatic rings. The minimum Gasteiger partial charge on any atom is -0.480 e. The number of carbonyl (C=O) groups is 1. The van der Waals surface area contributed by atoms with Crippen LogP contribution < -0.4 is 0 Å². The summed E-state index contributed by atoms with van der Waals surface area (Å²) < 4.78 is 5.13. The Morgan fingerprint density at radius 3 is 3.07 bits per heavy atom. The Bertz CT molecular complexity index is 250. The van der Waals surface area contributed by atoms with Crippen LogP contribution in [0.15, 0.2) is 0 Å². The number of aliphatic carboxylic acids is 1. The minimum atomic E-state index is -0.824. The first kappa shape index (κ1) is 12.0. The van der Waals surface area contributed by atoms with Gasteiger partial charge in [0.2, 0.25) is 0 Å². The molecule has 1 saturated heterocycles. The Hall–Kier alpha value is -1.12. The van der Waals surface area contributed by atoms with E-state index in [1.807, 2.05) is 4.90 Å².